The summed E-state index contributed by atoms with van der Waals surface area (Å²) in [6, 6.07) is 46.2. The van der Waals surface area contributed by atoms with Crippen LogP contribution in [-0.2, 0) is 54.8 Å². The lowest BCUT2D eigenvalue weighted by Crippen LogP contribution is -2.29. The minimum absolute atomic E-state index is 0.0185. The van der Waals surface area contributed by atoms with Gasteiger partial charge in [-0.2, -0.15) is 0 Å². The van der Waals surface area contributed by atoms with Crippen molar-refractivity contribution in [3.05, 3.63) is 197 Å². The van der Waals surface area contributed by atoms with Crippen molar-refractivity contribution in [3.63, 3.8) is 0 Å². The van der Waals surface area contributed by atoms with Crippen LogP contribution in [0.2, 0.25) is 0 Å². The number of alkyl carbamates (subject to hydrolysis) is 4. The van der Waals surface area contributed by atoms with Crippen LogP contribution in [0.25, 0.3) is 16.7 Å². The fraction of sp³-hybridized carbons (Fsp3) is 0.290. The summed E-state index contributed by atoms with van der Waals surface area (Å²) in [5.74, 6) is 1.70. The minimum Gasteiger partial charge on any atom is -0.488 e. The van der Waals surface area contributed by atoms with Crippen LogP contribution in [-0.4, -0.2) is 103 Å². The molecule has 0 aliphatic carbocycles. The number of benzene rings is 6. The molecule has 0 saturated heterocycles. The van der Waals surface area contributed by atoms with E-state index in [1.54, 1.807) is 25.1 Å². The van der Waals surface area contributed by atoms with Crippen molar-refractivity contribution in [1.82, 2.24) is 21.3 Å². The Balaban J connectivity index is 1.29. The topological polar surface area (TPSA) is 261 Å². The Kier molecular flexibility index (Phi) is 26.6. The van der Waals surface area contributed by atoms with Crippen molar-refractivity contribution in [2.24, 2.45) is 11.5 Å². The molecule has 6 rings (SSSR count). The third-order valence-electron chi connectivity index (χ3n) is 11.7. The van der Waals surface area contributed by atoms with Crippen molar-refractivity contribution in [2.75, 3.05) is 78.9 Å². The van der Waals surface area contributed by atoms with Crippen molar-refractivity contribution in [1.29, 1.82) is 0 Å². The zero-order chi connectivity index (χ0) is 58.0. The van der Waals surface area contributed by atoms with Gasteiger partial charge in [0.05, 0.1) is 26.2 Å². The fourth-order valence-corrected chi connectivity index (χ4v) is 7.77. The molecule has 0 aromatic heterocycles. The first-order chi connectivity index (χ1) is 40.2. The summed E-state index contributed by atoms with van der Waals surface area (Å²) in [4.78, 5) is 50.8. The highest BCUT2D eigenvalue weighted by molar-refractivity contribution is 5.86. The summed E-state index contributed by atoms with van der Waals surface area (Å²) in [5.41, 5.74) is 17.6. The average Bonchev–Trinajstić information content (AvgIpc) is 3.28. The molecule has 0 bridgehead atoms. The van der Waals surface area contributed by atoms with E-state index in [0.29, 0.717) is 33.8 Å². The molecule has 0 radical (unpaired) electrons. The molecule has 0 aliphatic rings. The second-order valence-electron chi connectivity index (χ2n) is 17.7. The van der Waals surface area contributed by atoms with Gasteiger partial charge in [-0.15, -0.1) is 0 Å². The van der Waals surface area contributed by atoms with Crippen LogP contribution >= 0.6 is 0 Å². The summed E-state index contributed by atoms with van der Waals surface area (Å²) >= 11 is 0. The molecule has 434 valence electrons. The highest BCUT2D eigenvalue weighted by Crippen LogP contribution is 2.48. The molecular formula is C62H72N6O14. The van der Waals surface area contributed by atoms with Gasteiger partial charge in [-0.25, -0.2) is 19.2 Å². The quantitative estimate of drug-likeness (QED) is 0.00971. The van der Waals surface area contributed by atoms with Crippen LogP contribution in [0.5, 0.6) is 23.0 Å². The molecule has 0 saturated carbocycles. The molecule has 6 aromatic rings. The van der Waals surface area contributed by atoms with Gasteiger partial charge >= 0.3 is 24.4 Å². The zero-order valence-corrected chi connectivity index (χ0v) is 46.2. The van der Waals surface area contributed by atoms with Gasteiger partial charge in [0.2, 0.25) is 0 Å². The van der Waals surface area contributed by atoms with E-state index < -0.39 is 24.4 Å². The number of nitrogens with two attached hydrogens (primary N) is 2. The van der Waals surface area contributed by atoms with E-state index in [9.17, 15) is 19.2 Å². The lowest BCUT2D eigenvalue weighted by molar-refractivity contribution is 0.125. The summed E-state index contributed by atoms with van der Waals surface area (Å²) < 4.78 is 60.1. The molecule has 82 heavy (non-hydrogen) atoms. The van der Waals surface area contributed by atoms with Gasteiger partial charge in [0.1, 0.15) is 66.1 Å². The lowest BCUT2D eigenvalue weighted by atomic mass is 9.96. The standard InChI is InChI=1S/C62H72N6O14/c1-3-53(73-37-31-65-59(69)79-41-46-17-8-4-9-18-46)55(77-39-33-67-61(71)81-43-48-21-12-6-13-22-48)45(2)50-27-28-52(58(76-36-30-64)57(50)75-35-29-63)51-25-16-26-54(74-38-32-66-60(70)80-42-47-19-10-5-11-20-47)56(51)78-40-34-68-62(72)82-44-49-23-14-7-15-24-49/h3-28H,29-44,63-64H2,1-2H3,(H,65,69)(H,66,70)(H,67,71)(H,68,72). The molecule has 0 heterocycles. The number of nitrogens with one attached hydrogen (secondary N) is 4. The van der Waals surface area contributed by atoms with Gasteiger partial charge in [-0.1, -0.05) is 133 Å². The molecular weight excluding hydrogens is 1050 g/mol. The molecule has 0 atom stereocenters. The third kappa shape index (κ3) is 21.0. The summed E-state index contributed by atoms with van der Waals surface area (Å²) in [5, 5.41) is 10.9. The Morgan fingerprint density at radius 2 is 0.793 bits per heavy atom. The van der Waals surface area contributed by atoms with Crippen LogP contribution in [0.1, 0.15) is 41.7 Å². The molecule has 0 spiro atoms. The highest BCUT2D eigenvalue weighted by atomic mass is 16.6. The maximum absolute atomic E-state index is 12.8. The average molecular weight is 1130 g/mol. The fourth-order valence-electron chi connectivity index (χ4n) is 7.77. The number of hydrogen-bond donors (Lipinski definition) is 6. The SMILES string of the molecule is CC=C(OCCNC(=O)OCc1ccccc1)C(OCCNC(=O)OCc1ccccc1)=C(C)c1ccc(-c2cccc(OCCNC(=O)OCc3ccccc3)c2OCCNC(=O)OCc2ccccc2)c(OCCN)c1OCCN. The van der Waals surface area contributed by atoms with Gasteiger partial charge in [0.15, 0.2) is 34.5 Å². The van der Waals surface area contributed by atoms with Crippen molar-refractivity contribution < 1.29 is 66.5 Å². The Bertz CT molecular complexity index is 2970. The van der Waals surface area contributed by atoms with Crippen LogP contribution in [0, 0.1) is 0 Å². The van der Waals surface area contributed by atoms with Crippen LogP contribution in [0.4, 0.5) is 19.2 Å². The van der Waals surface area contributed by atoms with Gasteiger partial charge in [0.25, 0.3) is 0 Å². The van der Waals surface area contributed by atoms with Crippen molar-refractivity contribution >= 4 is 29.9 Å². The van der Waals surface area contributed by atoms with E-state index in [0.717, 1.165) is 22.3 Å². The minimum atomic E-state index is -0.636. The monoisotopic (exact) mass is 1120 g/mol. The first-order valence-corrected chi connectivity index (χ1v) is 26.8. The Morgan fingerprint density at radius 1 is 0.402 bits per heavy atom. The second-order valence-corrected chi connectivity index (χ2v) is 17.7. The highest BCUT2D eigenvalue weighted by Gasteiger charge is 2.26. The van der Waals surface area contributed by atoms with Crippen molar-refractivity contribution in [3.8, 4) is 34.1 Å². The number of hydrogen-bond acceptors (Lipinski definition) is 16. The van der Waals surface area contributed by atoms with Crippen LogP contribution in [0.3, 0.4) is 0 Å². The number of amides is 4. The smallest absolute Gasteiger partial charge is 0.407 e. The predicted molar refractivity (Wildman–Crippen MR) is 309 cm³/mol. The van der Waals surface area contributed by atoms with E-state index in [1.165, 1.54) is 0 Å². The molecule has 6 aromatic carbocycles. The van der Waals surface area contributed by atoms with E-state index in [-0.39, 0.29) is 128 Å². The molecule has 0 unspecified atom stereocenters. The van der Waals surface area contributed by atoms with E-state index in [2.05, 4.69) is 21.3 Å². The number of rotatable bonds is 33. The largest absolute Gasteiger partial charge is 0.488 e. The van der Waals surface area contributed by atoms with Gasteiger partial charge in [-0.05, 0) is 60.4 Å². The molecule has 20 nitrogen and oxygen atoms in total. The lowest BCUT2D eigenvalue weighted by Gasteiger charge is -2.24. The first kappa shape index (κ1) is 61.8. The summed E-state index contributed by atoms with van der Waals surface area (Å²) in [6.07, 6.45) is -0.798. The molecule has 0 aliphatic heterocycles. The van der Waals surface area contributed by atoms with Crippen LogP contribution in [0.15, 0.2) is 169 Å². The second kappa shape index (κ2) is 35.3. The van der Waals surface area contributed by atoms with Gasteiger partial charge in [-0.3, -0.25) is 0 Å². The Morgan fingerprint density at radius 3 is 1.23 bits per heavy atom. The summed E-state index contributed by atoms with van der Waals surface area (Å²) in [7, 11) is 0. The Labute approximate surface area is 477 Å². The predicted octanol–water partition coefficient (Wildman–Crippen LogP) is 9.16. The Hall–Kier alpha value is -9.40. The number of carbonyl (C=O) groups excluding carboxylic acids is 4. The molecule has 4 amide bonds. The first-order valence-electron chi connectivity index (χ1n) is 26.8. The maximum atomic E-state index is 12.8. The van der Waals surface area contributed by atoms with E-state index in [1.807, 2.05) is 146 Å². The number of para-hydroxylation sites is 1. The van der Waals surface area contributed by atoms with E-state index >= 15 is 0 Å². The molecule has 20 heteroatoms. The number of ether oxygens (including phenoxy) is 10. The molecule has 8 N–H and O–H groups in total. The summed E-state index contributed by atoms with van der Waals surface area (Å²) in [6.45, 7) is 4.59. The van der Waals surface area contributed by atoms with E-state index in [4.69, 9.17) is 58.8 Å². The van der Waals surface area contributed by atoms with Gasteiger partial charge < -0.3 is 80.1 Å². The van der Waals surface area contributed by atoms with Crippen LogP contribution < -0.4 is 51.7 Å². The third-order valence-corrected chi connectivity index (χ3v) is 11.7. The maximum Gasteiger partial charge on any atom is 0.407 e. The number of allylic oxidation sites excluding steroid dienone is 2. The number of carbonyl (C=O) groups is 4. The normalized spacial score (nSPS) is 11.2. The van der Waals surface area contributed by atoms with Crippen molar-refractivity contribution in [2.45, 2.75) is 40.3 Å². The molecule has 0 fully saturated rings. The zero-order valence-electron chi connectivity index (χ0n) is 46.2. The van der Waals surface area contributed by atoms with Gasteiger partial charge in [0, 0.05) is 35.4 Å².